The standard InChI is InChI=1S/C15H24O2/c1-4-15(17-13(16)12(2)3)11-7-10-14(15)8-5-6-9-14/h2,4-11H2,1,3H3. The van der Waals surface area contributed by atoms with Gasteiger partial charge in [0.15, 0.2) is 0 Å². The average molecular weight is 236 g/mol. The van der Waals surface area contributed by atoms with Gasteiger partial charge in [0.25, 0.3) is 0 Å². The van der Waals surface area contributed by atoms with E-state index in [9.17, 15) is 4.79 Å². The molecule has 2 aliphatic rings. The molecule has 2 nitrogen and oxygen atoms in total. The zero-order chi connectivity index (χ0) is 12.5. The molecule has 0 aliphatic heterocycles. The minimum Gasteiger partial charge on any atom is -0.455 e. The molecule has 0 amide bonds. The molecule has 2 rings (SSSR count). The Labute approximate surface area is 104 Å². The average Bonchev–Trinajstić information content (AvgIpc) is 2.89. The summed E-state index contributed by atoms with van der Waals surface area (Å²) in [6.45, 7) is 7.60. The monoisotopic (exact) mass is 236 g/mol. The lowest BCUT2D eigenvalue weighted by Gasteiger charge is -2.42. The quantitative estimate of drug-likeness (QED) is 0.547. The lowest BCUT2D eigenvalue weighted by Crippen LogP contribution is -2.45. The molecule has 0 aromatic carbocycles. The first kappa shape index (κ1) is 12.7. The molecule has 0 bridgehead atoms. The maximum Gasteiger partial charge on any atom is 0.333 e. The lowest BCUT2D eigenvalue weighted by molar-refractivity contribution is -0.169. The summed E-state index contributed by atoms with van der Waals surface area (Å²) in [4.78, 5) is 11.9. The Kier molecular flexibility index (Phi) is 3.33. The maximum atomic E-state index is 11.9. The molecule has 2 fully saturated rings. The predicted molar refractivity (Wildman–Crippen MR) is 68.7 cm³/mol. The Morgan fingerprint density at radius 3 is 2.29 bits per heavy atom. The number of hydrogen-bond acceptors (Lipinski definition) is 2. The summed E-state index contributed by atoms with van der Waals surface area (Å²) >= 11 is 0. The van der Waals surface area contributed by atoms with Gasteiger partial charge in [-0.25, -0.2) is 4.79 Å². The molecule has 0 heterocycles. The van der Waals surface area contributed by atoms with Crippen molar-refractivity contribution in [1.82, 2.24) is 0 Å². The van der Waals surface area contributed by atoms with E-state index in [0.717, 1.165) is 12.8 Å². The molecule has 1 unspecified atom stereocenters. The summed E-state index contributed by atoms with van der Waals surface area (Å²) in [5.74, 6) is -0.194. The molecule has 0 radical (unpaired) electrons. The highest BCUT2D eigenvalue weighted by molar-refractivity contribution is 5.87. The van der Waals surface area contributed by atoms with Gasteiger partial charge in [0.05, 0.1) is 0 Å². The highest BCUT2D eigenvalue weighted by Gasteiger charge is 2.57. The van der Waals surface area contributed by atoms with E-state index in [2.05, 4.69) is 13.5 Å². The van der Waals surface area contributed by atoms with E-state index >= 15 is 0 Å². The van der Waals surface area contributed by atoms with Gasteiger partial charge in [-0.2, -0.15) is 0 Å². The van der Waals surface area contributed by atoms with Crippen molar-refractivity contribution in [3.63, 3.8) is 0 Å². The summed E-state index contributed by atoms with van der Waals surface area (Å²) in [5, 5.41) is 0. The number of hydrogen-bond donors (Lipinski definition) is 0. The van der Waals surface area contributed by atoms with Crippen molar-refractivity contribution in [2.24, 2.45) is 5.41 Å². The predicted octanol–water partition coefficient (Wildman–Crippen LogP) is 4.00. The van der Waals surface area contributed by atoms with Crippen LogP contribution in [0.2, 0.25) is 0 Å². The lowest BCUT2D eigenvalue weighted by atomic mass is 9.71. The van der Waals surface area contributed by atoms with Gasteiger partial charge in [-0.15, -0.1) is 0 Å². The van der Waals surface area contributed by atoms with Gasteiger partial charge in [0.2, 0.25) is 0 Å². The van der Waals surface area contributed by atoms with Gasteiger partial charge >= 0.3 is 5.97 Å². The van der Waals surface area contributed by atoms with Gasteiger partial charge in [-0.05, 0) is 45.4 Å². The van der Waals surface area contributed by atoms with Crippen LogP contribution in [0.5, 0.6) is 0 Å². The van der Waals surface area contributed by atoms with Crippen molar-refractivity contribution in [2.45, 2.75) is 70.8 Å². The number of carbonyl (C=O) groups is 1. The smallest absolute Gasteiger partial charge is 0.333 e. The van der Waals surface area contributed by atoms with Crippen LogP contribution >= 0.6 is 0 Å². The molecule has 1 atom stereocenters. The van der Waals surface area contributed by atoms with E-state index in [0.29, 0.717) is 5.57 Å². The summed E-state index contributed by atoms with van der Waals surface area (Å²) in [6.07, 6.45) is 9.52. The molecule has 0 aromatic heterocycles. The van der Waals surface area contributed by atoms with Gasteiger partial charge < -0.3 is 4.74 Å². The van der Waals surface area contributed by atoms with Gasteiger partial charge in [0, 0.05) is 11.0 Å². The van der Waals surface area contributed by atoms with Crippen LogP contribution < -0.4 is 0 Å². The van der Waals surface area contributed by atoms with Crippen LogP contribution in [-0.2, 0) is 9.53 Å². The van der Waals surface area contributed by atoms with E-state index in [1.165, 1.54) is 38.5 Å². The third-order valence-electron chi connectivity index (χ3n) is 4.97. The normalized spacial score (nSPS) is 30.7. The van der Waals surface area contributed by atoms with Crippen LogP contribution in [0.4, 0.5) is 0 Å². The number of ether oxygens (including phenoxy) is 1. The first-order valence-corrected chi connectivity index (χ1v) is 6.94. The number of esters is 1. The van der Waals surface area contributed by atoms with Gasteiger partial charge in [-0.1, -0.05) is 26.3 Å². The minimum atomic E-state index is -0.195. The summed E-state index contributed by atoms with van der Waals surface area (Å²) < 4.78 is 5.91. The third kappa shape index (κ3) is 1.92. The van der Waals surface area contributed by atoms with Crippen LogP contribution in [0.1, 0.15) is 65.2 Å². The first-order valence-electron chi connectivity index (χ1n) is 6.94. The van der Waals surface area contributed by atoms with Crippen molar-refractivity contribution in [3.05, 3.63) is 12.2 Å². The molecule has 17 heavy (non-hydrogen) atoms. The van der Waals surface area contributed by atoms with E-state index in [4.69, 9.17) is 4.74 Å². The Bertz CT molecular complexity index is 320. The molecule has 2 heteroatoms. The zero-order valence-corrected chi connectivity index (χ0v) is 11.2. The fourth-order valence-corrected chi connectivity index (χ4v) is 4.01. The van der Waals surface area contributed by atoms with E-state index < -0.39 is 0 Å². The molecule has 2 saturated carbocycles. The first-order chi connectivity index (χ1) is 8.05. The highest BCUT2D eigenvalue weighted by atomic mass is 16.6. The van der Waals surface area contributed by atoms with Crippen molar-refractivity contribution >= 4 is 5.97 Å². The third-order valence-corrected chi connectivity index (χ3v) is 4.97. The van der Waals surface area contributed by atoms with Crippen molar-refractivity contribution in [2.75, 3.05) is 0 Å². The second kappa shape index (κ2) is 4.47. The van der Waals surface area contributed by atoms with Crippen molar-refractivity contribution in [1.29, 1.82) is 0 Å². The molecular weight excluding hydrogens is 212 g/mol. The SMILES string of the molecule is C=C(C)C(=O)OC1(CC)CCCC12CCCC2. The molecule has 2 aliphatic carbocycles. The van der Waals surface area contributed by atoms with E-state index in [1.54, 1.807) is 6.92 Å². The fraction of sp³-hybridized carbons (Fsp3) is 0.800. The van der Waals surface area contributed by atoms with Crippen LogP contribution in [0.15, 0.2) is 12.2 Å². The Hall–Kier alpha value is -0.790. The number of rotatable bonds is 3. The van der Waals surface area contributed by atoms with Crippen LogP contribution in [0.3, 0.4) is 0 Å². The molecule has 1 spiro atoms. The van der Waals surface area contributed by atoms with Crippen LogP contribution in [0.25, 0.3) is 0 Å². The van der Waals surface area contributed by atoms with E-state index in [-0.39, 0.29) is 17.0 Å². The van der Waals surface area contributed by atoms with E-state index in [1.807, 2.05) is 0 Å². The van der Waals surface area contributed by atoms with Crippen molar-refractivity contribution in [3.8, 4) is 0 Å². The van der Waals surface area contributed by atoms with Gasteiger partial charge in [0.1, 0.15) is 5.60 Å². The Morgan fingerprint density at radius 2 is 1.76 bits per heavy atom. The Morgan fingerprint density at radius 1 is 1.18 bits per heavy atom. The minimum absolute atomic E-state index is 0.194. The van der Waals surface area contributed by atoms with Crippen LogP contribution in [-0.4, -0.2) is 11.6 Å². The highest BCUT2D eigenvalue weighted by Crippen LogP contribution is 2.59. The summed E-state index contributed by atoms with van der Waals surface area (Å²) in [5.41, 5.74) is 0.615. The molecular formula is C15H24O2. The Balaban J connectivity index is 2.23. The van der Waals surface area contributed by atoms with Crippen molar-refractivity contribution < 1.29 is 9.53 Å². The van der Waals surface area contributed by atoms with Gasteiger partial charge in [-0.3, -0.25) is 0 Å². The fourth-order valence-electron chi connectivity index (χ4n) is 4.01. The number of carbonyl (C=O) groups excluding carboxylic acids is 1. The summed E-state index contributed by atoms with van der Waals surface area (Å²) in [7, 11) is 0. The maximum absolute atomic E-state index is 11.9. The second-order valence-corrected chi connectivity index (χ2v) is 5.86. The second-order valence-electron chi connectivity index (χ2n) is 5.86. The summed E-state index contributed by atoms with van der Waals surface area (Å²) in [6, 6.07) is 0. The largest absolute Gasteiger partial charge is 0.455 e. The molecule has 0 saturated heterocycles. The molecule has 96 valence electrons. The molecule has 0 N–H and O–H groups in total. The topological polar surface area (TPSA) is 26.3 Å². The zero-order valence-electron chi connectivity index (χ0n) is 11.2. The molecule has 0 aromatic rings. The van der Waals surface area contributed by atoms with Crippen LogP contribution in [0, 0.1) is 5.41 Å².